The summed E-state index contributed by atoms with van der Waals surface area (Å²) in [6, 6.07) is 6.80. The van der Waals surface area contributed by atoms with Gasteiger partial charge in [-0.15, -0.1) is 22.7 Å². The van der Waals surface area contributed by atoms with E-state index in [1.165, 1.54) is 35.0 Å². The summed E-state index contributed by atoms with van der Waals surface area (Å²) in [6.07, 6.45) is 1.25. The lowest BCUT2D eigenvalue weighted by Gasteiger charge is -2.09. The first-order chi connectivity index (χ1) is 15.5. The van der Waals surface area contributed by atoms with Crippen LogP contribution in [-0.2, 0) is 19.1 Å². The van der Waals surface area contributed by atoms with E-state index in [2.05, 4.69) is 10.6 Å². The zero-order chi connectivity index (χ0) is 22.9. The summed E-state index contributed by atoms with van der Waals surface area (Å²) in [5, 5.41) is 9.08. The number of furan rings is 1. The maximum absolute atomic E-state index is 12.5. The van der Waals surface area contributed by atoms with Gasteiger partial charge in [-0.1, -0.05) is 6.07 Å². The summed E-state index contributed by atoms with van der Waals surface area (Å²) < 4.78 is 15.0. The third kappa shape index (κ3) is 6.05. The molecule has 0 aromatic carbocycles. The Bertz CT molecular complexity index is 1070. The highest BCUT2D eigenvalue weighted by Gasteiger charge is 2.23. The molecule has 0 spiro atoms. The third-order valence-electron chi connectivity index (χ3n) is 4.03. The maximum atomic E-state index is 12.5. The first-order valence-corrected chi connectivity index (χ1v) is 11.3. The number of ether oxygens (including phenoxy) is 2. The molecular weight excluding hydrogens is 456 g/mol. The molecule has 0 unspecified atom stereocenters. The summed E-state index contributed by atoms with van der Waals surface area (Å²) in [7, 11) is 0. The van der Waals surface area contributed by atoms with Gasteiger partial charge in [-0.2, -0.15) is 0 Å². The van der Waals surface area contributed by atoms with Crippen LogP contribution in [0.15, 0.2) is 45.7 Å². The molecule has 0 aliphatic carbocycles. The van der Waals surface area contributed by atoms with Crippen LogP contribution in [0.3, 0.4) is 0 Å². The van der Waals surface area contributed by atoms with Crippen molar-refractivity contribution in [1.82, 2.24) is 5.32 Å². The van der Waals surface area contributed by atoms with Gasteiger partial charge in [0.1, 0.15) is 10.6 Å². The lowest BCUT2D eigenvalue weighted by atomic mass is 10.1. The fourth-order valence-electron chi connectivity index (χ4n) is 2.62. The molecule has 0 radical (unpaired) electrons. The molecule has 2 amide bonds. The first kappa shape index (κ1) is 23.2. The normalized spacial score (nSPS) is 10.4. The van der Waals surface area contributed by atoms with Crippen molar-refractivity contribution < 1.29 is 33.1 Å². The van der Waals surface area contributed by atoms with Crippen LogP contribution in [0.1, 0.15) is 34.3 Å². The van der Waals surface area contributed by atoms with Crippen molar-refractivity contribution in [2.24, 2.45) is 0 Å². The molecular formula is C21H20N2O7S2. The van der Waals surface area contributed by atoms with E-state index >= 15 is 0 Å². The van der Waals surface area contributed by atoms with E-state index in [1.54, 1.807) is 18.4 Å². The van der Waals surface area contributed by atoms with Gasteiger partial charge in [0.2, 0.25) is 0 Å². The van der Waals surface area contributed by atoms with Gasteiger partial charge in [-0.25, -0.2) is 4.79 Å². The number of anilines is 1. The Hall–Kier alpha value is -3.44. The zero-order valence-corrected chi connectivity index (χ0v) is 18.7. The third-order valence-corrected chi connectivity index (χ3v) is 5.83. The molecule has 0 aliphatic rings. The molecule has 32 heavy (non-hydrogen) atoms. The minimum absolute atomic E-state index is 0.0299. The van der Waals surface area contributed by atoms with Gasteiger partial charge in [0.05, 0.1) is 19.3 Å². The monoisotopic (exact) mass is 476 g/mol. The van der Waals surface area contributed by atoms with Gasteiger partial charge in [0, 0.05) is 22.4 Å². The molecule has 3 rings (SSSR count). The van der Waals surface area contributed by atoms with Crippen molar-refractivity contribution in [2.45, 2.75) is 13.3 Å². The van der Waals surface area contributed by atoms with Crippen LogP contribution in [0.5, 0.6) is 0 Å². The molecule has 0 fully saturated rings. The second-order valence-corrected chi connectivity index (χ2v) is 8.07. The Labute approximate surface area is 191 Å². The van der Waals surface area contributed by atoms with Gasteiger partial charge in [0.15, 0.2) is 12.4 Å². The predicted octanol–water partition coefficient (Wildman–Crippen LogP) is 3.55. The molecule has 2 N–H and O–H groups in total. The first-order valence-electron chi connectivity index (χ1n) is 9.59. The van der Waals surface area contributed by atoms with Crippen LogP contribution in [0.25, 0.3) is 10.4 Å². The Morgan fingerprint density at radius 1 is 1.09 bits per heavy atom. The van der Waals surface area contributed by atoms with Gasteiger partial charge in [-0.05, 0) is 30.5 Å². The molecule has 0 aliphatic heterocycles. The molecule has 0 saturated heterocycles. The molecule has 3 aromatic heterocycles. The Morgan fingerprint density at radius 2 is 1.94 bits per heavy atom. The molecule has 9 nitrogen and oxygen atoms in total. The van der Waals surface area contributed by atoms with Crippen molar-refractivity contribution in [3.63, 3.8) is 0 Å². The fraction of sp³-hybridized carbons (Fsp3) is 0.238. The molecule has 0 atom stereocenters. The Morgan fingerprint density at radius 3 is 2.62 bits per heavy atom. The smallest absolute Gasteiger partial charge is 0.341 e. The Balaban J connectivity index is 1.51. The van der Waals surface area contributed by atoms with E-state index in [9.17, 15) is 19.2 Å². The number of rotatable bonds is 10. The van der Waals surface area contributed by atoms with Gasteiger partial charge >= 0.3 is 11.9 Å². The summed E-state index contributed by atoms with van der Waals surface area (Å²) in [5.74, 6) is -2.12. The van der Waals surface area contributed by atoms with Crippen molar-refractivity contribution in [1.29, 1.82) is 0 Å². The number of hydrogen-bond donors (Lipinski definition) is 2. The summed E-state index contributed by atoms with van der Waals surface area (Å²) in [6.45, 7) is 1.39. The second-order valence-electron chi connectivity index (χ2n) is 6.24. The van der Waals surface area contributed by atoms with Crippen LogP contribution in [-0.4, -0.2) is 43.5 Å². The fourth-order valence-corrected chi connectivity index (χ4v) is 4.41. The topological polar surface area (TPSA) is 124 Å². The zero-order valence-electron chi connectivity index (χ0n) is 17.0. The Kier molecular flexibility index (Phi) is 8.17. The van der Waals surface area contributed by atoms with Crippen molar-refractivity contribution in [3.8, 4) is 10.4 Å². The van der Waals surface area contributed by atoms with Gasteiger partial charge < -0.3 is 24.5 Å². The standard InChI is InChI=1S/C21H20N2O7S2/c1-2-28-21(27)18-13(15-6-4-10-31-15)12-32-20(18)23-16(24)11-30-17(25)7-8-22-19(26)14-5-3-9-29-14/h3-6,9-10,12H,2,7-8,11H2,1H3,(H,22,26)(H,23,24). The van der Waals surface area contributed by atoms with E-state index in [-0.39, 0.29) is 30.9 Å². The van der Waals surface area contributed by atoms with Crippen molar-refractivity contribution >= 4 is 51.4 Å². The summed E-state index contributed by atoms with van der Waals surface area (Å²) in [5.41, 5.74) is 0.933. The predicted molar refractivity (Wildman–Crippen MR) is 119 cm³/mol. The number of thiophene rings is 2. The average molecular weight is 477 g/mol. The molecule has 0 saturated carbocycles. The molecule has 0 bridgehead atoms. The average Bonchev–Trinajstić information content (AvgIpc) is 3.53. The van der Waals surface area contributed by atoms with Crippen LogP contribution >= 0.6 is 22.7 Å². The highest BCUT2D eigenvalue weighted by Crippen LogP contribution is 2.38. The van der Waals surface area contributed by atoms with Crippen LogP contribution in [0, 0.1) is 0 Å². The number of amides is 2. The van der Waals surface area contributed by atoms with E-state index in [0.29, 0.717) is 10.6 Å². The highest BCUT2D eigenvalue weighted by atomic mass is 32.1. The lowest BCUT2D eigenvalue weighted by molar-refractivity contribution is -0.147. The maximum Gasteiger partial charge on any atom is 0.341 e. The summed E-state index contributed by atoms with van der Waals surface area (Å²) >= 11 is 2.65. The minimum Gasteiger partial charge on any atom is -0.462 e. The van der Waals surface area contributed by atoms with E-state index in [1.807, 2.05) is 17.5 Å². The number of carbonyl (C=O) groups excluding carboxylic acids is 4. The number of hydrogen-bond acceptors (Lipinski definition) is 9. The summed E-state index contributed by atoms with van der Waals surface area (Å²) in [4.78, 5) is 49.2. The molecule has 3 heterocycles. The van der Waals surface area contributed by atoms with Crippen molar-refractivity contribution in [2.75, 3.05) is 25.1 Å². The van der Waals surface area contributed by atoms with Gasteiger partial charge in [0.25, 0.3) is 11.8 Å². The lowest BCUT2D eigenvalue weighted by Crippen LogP contribution is -2.27. The largest absolute Gasteiger partial charge is 0.462 e. The quantitative estimate of drug-likeness (QED) is 0.429. The SMILES string of the molecule is CCOC(=O)c1c(-c2cccs2)csc1NC(=O)COC(=O)CCNC(=O)c1ccco1. The van der Waals surface area contributed by atoms with Crippen molar-refractivity contribution in [3.05, 3.63) is 52.6 Å². The van der Waals surface area contributed by atoms with Crippen LogP contribution < -0.4 is 10.6 Å². The van der Waals surface area contributed by atoms with E-state index < -0.39 is 30.4 Å². The van der Waals surface area contributed by atoms with E-state index in [0.717, 1.165) is 4.88 Å². The second kappa shape index (κ2) is 11.3. The minimum atomic E-state index is -0.657. The van der Waals surface area contributed by atoms with Crippen LogP contribution in [0.4, 0.5) is 5.00 Å². The highest BCUT2D eigenvalue weighted by molar-refractivity contribution is 7.17. The molecule has 3 aromatic rings. The van der Waals surface area contributed by atoms with E-state index in [4.69, 9.17) is 13.9 Å². The number of carbonyl (C=O) groups is 4. The van der Waals surface area contributed by atoms with Crippen LogP contribution in [0.2, 0.25) is 0 Å². The number of esters is 2. The molecule has 168 valence electrons. The molecule has 11 heteroatoms. The number of nitrogens with one attached hydrogen (secondary N) is 2. The van der Waals surface area contributed by atoms with Gasteiger partial charge in [-0.3, -0.25) is 14.4 Å².